The number of carbonyl (C=O) groups excluding carboxylic acids is 1. The van der Waals surface area contributed by atoms with Gasteiger partial charge in [-0.3, -0.25) is 19.8 Å². The number of anilines is 1. The molecule has 0 aliphatic carbocycles. The van der Waals surface area contributed by atoms with E-state index in [1.54, 1.807) is 12.1 Å². The molecule has 0 saturated carbocycles. The number of halogens is 2. The van der Waals surface area contributed by atoms with E-state index in [0.717, 1.165) is 6.54 Å². The number of fused-ring (bicyclic) bond motifs is 1. The molecule has 3 rings (SSSR count). The standard InChI is InChI=1S/C19H19FN4O3S.ClH/c1-22(2)10-5-11-23(18(25)13-6-3-7-14(12-13)24(26)27)19-21-17-15(20)8-4-9-16(17)28-19;/h3-4,6-9,12H,5,10-11H2,1-2H3;1H. The molecule has 0 saturated heterocycles. The molecule has 1 heterocycles. The Morgan fingerprint density at radius 3 is 2.59 bits per heavy atom. The van der Waals surface area contributed by atoms with Crippen LogP contribution in [0.2, 0.25) is 0 Å². The molecule has 7 nitrogen and oxygen atoms in total. The summed E-state index contributed by atoms with van der Waals surface area (Å²) in [6.45, 7) is 1.11. The predicted molar refractivity (Wildman–Crippen MR) is 115 cm³/mol. The largest absolute Gasteiger partial charge is 0.309 e. The Hall–Kier alpha value is -2.62. The van der Waals surface area contributed by atoms with E-state index in [0.29, 0.717) is 22.8 Å². The molecule has 154 valence electrons. The van der Waals surface area contributed by atoms with Crippen LogP contribution in [0.1, 0.15) is 16.8 Å². The smallest absolute Gasteiger partial charge is 0.270 e. The number of nitro groups is 1. The van der Waals surface area contributed by atoms with Gasteiger partial charge in [0.25, 0.3) is 11.6 Å². The van der Waals surface area contributed by atoms with Crippen molar-refractivity contribution >= 4 is 50.7 Å². The number of rotatable bonds is 7. The first-order valence-electron chi connectivity index (χ1n) is 8.63. The zero-order valence-electron chi connectivity index (χ0n) is 15.9. The van der Waals surface area contributed by atoms with Gasteiger partial charge in [-0.05, 0) is 45.3 Å². The number of aromatic nitrogens is 1. The fourth-order valence-corrected chi connectivity index (χ4v) is 3.76. The fraction of sp³-hybridized carbons (Fsp3) is 0.263. The van der Waals surface area contributed by atoms with Crippen molar-refractivity contribution in [2.75, 3.05) is 32.1 Å². The summed E-state index contributed by atoms with van der Waals surface area (Å²) >= 11 is 1.22. The van der Waals surface area contributed by atoms with Gasteiger partial charge in [-0.2, -0.15) is 0 Å². The van der Waals surface area contributed by atoms with E-state index < -0.39 is 16.6 Å². The van der Waals surface area contributed by atoms with E-state index in [4.69, 9.17) is 0 Å². The molecule has 0 radical (unpaired) electrons. The lowest BCUT2D eigenvalue weighted by atomic mass is 10.1. The highest BCUT2D eigenvalue weighted by molar-refractivity contribution is 7.22. The minimum Gasteiger partial charge on any atom is -0.309 e. The normalized spacial score (nSPS) is 10.8. The van der Waals surface area contributed by atoms with E-state index in [2.05, 4.69) is 4.98 Å². The van der Waals surface area contributed by atoms with Gasteiger partial charge in [-0.1, -0.05) is 23.5 Å². The van der Waals surface area contributed by atoms with Crippen molar-refractivity contribution in [2.45, 2.75) is 6.42 Å². The van der Waals surface area contributed by atoms with Crippen molar-refractivity contribution in [3.05, 3.63) is 64.0 Å². The van der Waals surface area contributed by atoms with Gasteiger partial charge < -0.3 is 4.90 Å². The van der Waals surface area contributed by atoms with Crippen LogP contribution in [0.3, 0.4) is 0 Å². The molecular formula is C19H20ClFN4O3S. The third kappa shape index (κ3) is 5.26. The third-order valence-corrected chi connectivity index (χ3v) is 5.17. The summed E-state index contributed by atoms with van der Waals surface area (Å²) in [5.41, 5.74) is 0.250. The molecule has 1 amide bonds. The van der Waals surface area contributed by atoms with Crippen molar-refractivity contribution in [2.24, 2.45) is 0 Å². The second kappa shape index (κ2) is 9.73. The third-order valence-electron chi connectivity index (χ3n) is 4.13. The maximum Gasteiger partial charge on any atom is 0.270 e. The second-order valence-corrected chi connectivity index (χ2v) is 7.51. The Morgan fingerprint density at radius 2 is 1.93 bits per heavy atom. The van der Waals surface area contributed by atoms with E-state index in [9.17, 15) is 19.3 Å². The zero-order valence-corrected chi connectivity index (χ0v) is 17.5. The average Bonchev–Trinajstić information content (AvgIpc) is 3.10. The molecule has 0 spiro atoms. The topological polar surface area (TPSA) is 79.6 Å². The zero-order chi connectivity index (χ0) is 20.3. The van der Waals surface area contributed by atoms with Crippen molar-refractivity contribution in [3.8, 4) is 0 Å². The number of hydrogen-bond acceptors (Lipinski definition) is 6. The number of nitro benzene ring substituents is 1. The van der Waals surface area contributed by atoms with Crippen molar-refractivity contribution < 1.29 is 14.1 Å². The molecule has 2 aromatic carbocycles. The van der Waals surface area contributed by atoms with Gasteiger partial charge in [0.1, 0.15) is 11.3 Å². The molecule has 1 aromatic heterocycles. The Balaban J connectivity index is 0.00000300. The summed E-state index contributed by atoms with van der Waals surface area (Å²) in [4.78, 5) is 31.4. The van der Waals surface area contributed by atoms with Gasteiger partial charge in [0, 0.05) is 24.2 Å². The average molecular weight is 439 g/mol. The summed E-state index contributed by atoms with van der Waals surface area (Å²) in [7, 11) is 3.86. The lowest BCUT2D eigenvalue weighted by Crippen LogP contribution is -2.33. The number of amides is 1. The van der Waals surface area contributed by atoms with Crippen LogP contribution < -0.4 is 4.90 Å². The number of hydrogen-bond donors (Lipinski definition) is 0. The first kappa shape index (κ1) is 22.7. The first-order valence-corrected chi connectivity index (χ1v) is 9.44. The summed E-state index contributed by atoms with van der Waals surface area (Å²) in [6, 6.07) is 10.2. The molecule has 0 aliphatic rings. The van der Waals surface area contributed by atoms with Crippen LogP contribution in [-0.4, -0.2) is 47.9 Å². The van der Waals surface area contributed by atoms with E-state index >= 15 is 0 Å². The van der Waals surface area contributed by atoms with Gasteiger partial charge in [-0.15, -0.1) is 12.4 Å². The summed E-state index contributed by atoms with van der Waals surface area (Å²) in [5.74, 6) is -0.849. The van der Waals surface area contributed by atoms with Crippen LogP contribution in [0.5, 0.6) is 0 Å². The van der Waals surface area contributed by atoms with E-state index in [1.807, 2.05) is 19.0 Å². The number of benzene rings is 2. The molecule has 0 bridgehead atoms. The van der Waals surface area contributed by atoms with Crippen molar-refractivity contribution in [3.63, 3.8) is 0 Å². The number of nitrogens with zero attached hydrogens (tertiary/aromatic N) is 4. The number of para-hydroxylation sites is 1. The minimum absolute atomic E-state index is 0. The molecule has 29 heavy (non-hydrogen) atoms. The molecule has 0 atom stereocenters. The number of carbonyl (C=O) groups is 1. The van der Waals surface area contributed by atoms with Crippen LogP contribution in [0.15, 0.2) is 42.5 Å². The van der Waals surface area contributed by atoms with Gasteiger partial charge >= 0.3 is 0 Å². The SMILES string of the molecule is CN(C)CCCN(C(=O)c1cccc([N+](=O)[O-])c1)c1nc2c(F)cccc2s1.Cl. The highest BCUT2D eigenvalue weighted by Crippen LogP contribution is 2.31. The summed E-state index contributed by atoms with van der Waals surface area (Å²) in [5, 5.41) is 11.4. The summed E-state index contributed by atoms with van der Waals surface area (Å²) in [6.07, 6.45) is 0.673. The minimum atomic E-state index is -0.541. The Morgan fingerprint density at radius 1 is 1.21 bits per heavy atom. The monoisotopic (exact) mass is 438 g/mol. The van der Waals surface area contributed by atoms with E-state index in [1.165, 1.54) is 46.6 Å². The number of thiazole rings is 1. The lowest BCUT2D eigenvalue weighted by Gasteiger charge is -2.21. The van der Waals surface area contributed by atoms with Crippen molar-refractivity contribution in [1.29, 1.82) is 0 Å². The lowest BCUT2D eigenvalue weighted by molar-refractivity contribution is -0.384. The Labute approximate surface area is 177 Å². The fourth-order valence-electron chi connectivity index (χ4n) is 2.76. The quantitative estimate of drug-likeness (QED) is 0.404. The molecule has 0 aliphatic heterocycles. The maximum absolute atomic E-state index is 14.0. The van der Waals surface area contributed by atoms with Crippen LogP contribution in [0.25, 0.3) is 10.2 Å². The molecule has 0 unspecified atom stereocenters. The van der Waals surface area contributed by atoms with Gasteiger partial charge in [0.15, 0.2) is 5.13 Å². The van der Waals surface area contributed by atoms with E-state index in [-0.39, 0.29) is 29.2 Å². The summed E-state index contributed by atoms with van der Waals surface area (Å²) < 4.78 is 14.7. The van der Waals surface area contributed by atoms with Crippen molar-refractivity contribution in [1.82, 2.24) is 9.88 Å². The number of non-ortho nitro benzene ring substituents is 1. The highest BCUT2D eigenvalue weighted by Gasteiger charge is 2.23. The molecule has 3 aromatic rings. The highest BCUT2D eigenvalue weighted by atomic mass is 35.5. The van der Waals surface area contributed by atoms with Gasteiger partial charge in [-0.25, -0.2) is 9.37 Å². The van der Waals surface area contributed by atoms with Crippen LogP contribution in [0.4, 0.5) is 15.2 Å². The first-order chi connectivity index (χ1) is 13.4. The van der Waals surface area contributed by atoms with Crippen LogP contribution in [-0.2, 0) is 0 Å². The van der Waals surface area contributed by atoms with Gasteiger partial charge in [0.05, 0.1) is 9.62 Å². The molecule has 0 fully saturated rings. The van der Waals surface area contributed by atoms with Gasteiger partial charge in [0.2, 0.25) is 0 Å². The Bertz CT molecular complexity index is 1030. The predicted octanol–water partition coefficient (Wildman–Crippen LogP) is 4.36. The van der Waals surface area contributed by atoms with Crippen LogP contribution >= 0.6 is 23.7 Å². The molecule has 0 N–H and O–H groups in total. The molecular weight excluding hydrogens is 419 g/mol. The second-order valence-electron chi connectivity index (χ2n) is 6.50. The Kier molecular flexibility index (Phi) is 7.60. The van der Waals surface area contributed by atoms with Crippen LogP contribution in [0, 0.1) is 15.9 Å². The molecule has 10 heteroatoms. The maximum atomic E-state index is 14.0.